The molecule has 0 fully saturated rings. The molecule has 25 heavy (non-hydrogen) atoms. The van der Waals surface area contributed by atoms with E-state index in [2.05, 4.69) is 63.2 Å². The largest absolute Gasteiger partial charge is 0.493 e. The van der Waals surface area contributed by atoms with Gasteiger partial charge >= 0.3 is 0 Å². The third kappa shape index (κ3) is 4.66. The van der Waals surface area contributed by atoms with Crippen LogP contribution in [0.3, 0.4) is 0 Å². The number of benzene rings is 2. The molecule has 3 rings (SSSR count). The van der Waals surface area contributed by atoms with Crippen LogP contribution in [0.2, 0.25) is 0 Å². The third-order valence-corrected chi connectivity index (χ3v) is 5.77. The second-order valence-corrected chi connectivity index (χ2v) is 7.73. The number of hydrogen-bond acceptors (Lipinski definition) is 1. The normalized spacial score (nSPS) is 15.5. The zero-order chi connectivity index (χ0) is 17.6. The lowest BCUT2D eigenvalue weighted by Crippen LogP contribution is -2.06. The van der Waals surface area contributed by atoms with E-state index in [4.69, 9.17) is 4.74 Å². The highest BCUT2D eigenvalue weighted by Crippen LogP contribution is 2.34. The third-order valence-electron chi connectivity index (χ3n) is 5.77. The summed E-state index contributed by atoms with van der Waals surface area (Å²) in [5.74, 6) is 2.56. The first kappa shape index (κ1) is 18.0. The summed E-state index contributed by atoms with van der Waals surface area (Å²) in [4.78, 5) is 0. The Bertz CT molecular complexity index is 688. The van der Waals surface area contributed by atoms with Gasteiger partial charge in [0, 0.05) is 6.42 Å². The van der Waals surface area contributed by atoms with Crippen molar-refractivity contribution in [2.45, 2.75) is 65.2 Å². The Morgan fingerprint density at radius 1 is 1.12 bits per heavy atom. The number of fused-ring (bicyclic) bond motifs is 1. The van der Waals surface area contributed by atoms with Gasteiger partial charge in [-0.2, -0.15) is 0 Å². The quantitative estimate of drug-likeness (QED) is 0.536. The van der Waals surface area contributed by atoms with Crippen LogP contribution in [-0.4, -0.2) is 6.61 Å². The molecule has 2 atom stereocenters. The average molecular weight is 337 g/mol. The molecule has 0 bridgehead atoms. The Morgan fingerprint density at radius 2 is 1.96 bits per heavy atom. The molecule has 0 amide bonds. The molecule has 2 aromatic carbocycles. The summed E-state index contributed by atoms with van der Waals surface area (Å²) in [7, 11) is 0. The molecule has 1 aliphatic rings. The summed E-state index contributed by atoms with van der Waals surface area (Å²) in [6.07, 6.45) is 7.42. The average Bonchev–Trinajstić information content (AvgIpc) is 3.09. The van der Waals surface area contributed by atoms with Gasteiger partial charge in [-0.15, -0.1) is 0 Å². The second kappa shape index (κ2) is 8.56. The first-order chi connectivity index (χ1) is 12.2. The first-order valence-electron chi connectivity index (χ1n) is 9.97. The summed E-state index contributed by atoms with van der Waals surface area (Å²) in [5, 5.41) is 0. The van der Waals surface area contributed by atoms with Crippen molar-refractivity contribution in [3.8, 4) is 5.75 Å². The highest BCUT2D eigenvalue weighted by Gasteiger charge is 2.18. The molecule has 0 aromatic heterocycles. The van der Waals surface area contributed by atoms with Crippen LogP contribution in [-0.2, 0) is 12.8 Å². The van der Waals surface area contributed by atoms with Gasteiger partial charge in [-0.05, 0) is 72.8 Å². The molecule has 134 valence electrons. The Balaban J connectivity index is 1.52. The fourth-order valence-corrected chi connectivity index (χ4v) is 4.13. The number of aryl methyl sites for hydroxylation is 2. The maximum Gasteiger partial charge on any atom is 0.122 e. The highest BCUT2D eigenvalue weighted by atomic mass is 16.5. The standard InChI is InChI=1S/C24H32O/c1-4-20(22-12-13-24-23(17-22)14-15-25-24)16-18(2)8-7-11-21-10-6-5-9-19(21)3/h5-6,9-10,12-13,17-18,20H,4,7-8,11,14-16H2,1-3H3. The minimum Gasteiger partial charge on any atom is -0.493 e. The maximum absolute atomic E-state index is 5.65. The predicted octanol–water partition coefficient (Wildman–Crippen LogP) is 6.47. The lowest BCUT2D eigenvalue weighted by molar-refractivity contribution is 0.356. The lowest BCUT2D eigenvalue weighted by atomic mass is 9.84. The van der Waals surface area contributed by atoms with Gasteiger partial charge in [-0.25, -0.2) is 0 Å². The van der Waals surface area contributed by atoms with Crippen LogP contribution in [0.15, 0.2) is 42.5 Å². The maximum atomic E-state index is 5.65. The Morgan fingerprint density at radius 3 is 2.76 bits per heavy atom. The van der Waals surface area contributed by atoms with E-state index in [1.54, 1.807) is 0 Å². The second-order valence-electron chi connectivity index (χ2n) is 7.73. The van der Waals surface area contributed by atoms with Gasteiger partial charge in [0.1, 0.15) is 5.75 Å². The van der Waals surface area contributed by atoms with Crippen molar-refractivity contribution in [1.29, 1.82) is 0 Å². The van der Waals surface area contributed by atoms with Crippen molar-refractivity contribution in [3.05, 3.63) is 64.7 Å². The Hall–Kier alpha value is -1.76. The molecule has 0 aliphatic carbocycles. The van der Waals surface area contributed by atoms with Crippen LogP contribution in [0.4, 0.5) is 0 Å². The Kier molecular flexibility index (Phi) is 6.18. The fraction of sp³-hybridized carbons (Fsp3) is 0.500. The van der Waals surface area contributed by atoms with Crippen LogP contribution in [0.1, 0.15) is 67.7 Å². The van der Waals surface area contributed by atoms with E-state index < -0.39 is 0 Å². The van der Waals surface area contributed by atoms with E-state index in [9.17, 15) is 0 Å². The van der Waals surface area contributed by atoms with Crippen molar-refractivity contribution >= 4 is 0 Å². The monoisotopic (exact) mass is 336 g/mol. The minimum absolute atomic E-state index is 0.680. The molecule has 0 saturated carbocycles. The summed E-state index contributed by atoms with van der Waals surface area (Å²) in [6, 6.07) is 15.7. The van der Waals surface area contributed by atoms with Gasteiger partial charge in [0.15, 0.2) is 0 Å². The topological polar surface area (TPSA) is 9.23 Å². The van der Waals surface area contributed by atoms with E-state index in [0.29, 0.717) is 5.92 Å². The molecule has 1 heteroatoms. The number of rotatable bonds is 8. The van der Waals surface area contributed by atoms with Crippen LogP contribution < -0.4 is 4.74 Å². The lowest BCUT2D eigenvalue weighted by Gasteiger charge is -2.21. The van der Waals surface area contributed by atoms with Gasteiger partial charge in [0.2, 0.25) is 0 Å². The SMILES string of the molecule is CCC(CC(C)CCCc1ccccc1C)c1ccc2c(c1)CCO2. The van der Waals surface area contributed by atoms with E-state index in [1.807, 2.05) is 0 Å². The zero-order valence-corrected chi connectivity index (χ0v) is 16.1. The van der Waals surface area contributed by atoms with Gasteiger partial charge in [-0.1, -0.05) is 56.7 Å². The van der Waals surface area contributed by atoms with Crippen LogP contribution >= 0.6 is 0 Å². The molecule has 1 heterocycles. The number of ether oxygens (including phenoxy) is 1. The molecule has 0 radical (unpaired) electrons. The van der Waals surface area contributed by atoms with Gasteiger partial charge < -0.3 is 4.74 Å². The summed E-state index contributed by atoms with van der Waals surface area (Å²) in [5.41, 5.74) is 5.86. The summed E-state index contributed by atoms with van der Waals surface area (Å²) >= 11 is 0. The van der Waals surface area contributed by atoms with E-state index in [0.717, 1.165) is 24.7 Å². The zero-order valence-electron chi connectivity index (χ0n) is 16.1. The Labute approximate surface area is 153 Å². The van der Waals surface area contributed by atoms with Crippen molar-refractivity contribution < 1.29 is 4.74 Å². The first-order valence-corrected chi connectivity index (χ1v) is 9.97. The molecular formula is C24H32O. The molecule has 0 spiro atoms. The minimum atomic E-state index is 0.680. The van der Waals surface area contributed by atoms with Crippen LogP contribution in [0, 0.1) is 12.8 Å². The van der Waals surface area contributed by atoms with Crippen molar-refractivity contribution in [3.63, 3.8) is 0 Å². The van der Waals surface area contributed by atoms with Crippen molar-refractivity contribution in [2.24, 2.45) is 5.92 Å². The molecule has 2 aromatic rings. The fourth-order valence-electron chi connectivity index (χ4n) is 4.13. The van der Waals surface area contributed by atoms with Gasteiger partial charge in [-0.3, -0.25) is 0 Å². The smallest absolute Gasteiger partial charge is 0.122 e. The molecule has 0 N–H and O–H groups in total. The van der Waals surface area contributed by atoms with E-state index in [1.165, 1.54) is 54.4 Å². The van der Waals surface area contributed by atoms with Gasteiger partial charge in [0.05, 0.1) is 6.61 Å². The highest BCUT2D eigenvalue weighted by molar-refractivity contribution is 5.41. The molecule has 2 unspecified atom stereocenters. The van der Waals surface area contributed by atoms with E-state index >= 15 is 0 Å². The molecule has 1 nitrogen and oxygen atoms in total. The molecular weight excluding hydrogens is 304 g/mol. The number of hydrogen-bond donors (Lipinski definition) is 0. The van der Waals surface area contributed by atoms with Crippen LogP contribution in [0.25, 0.3) is 0 Å². The van der Waals surface area contributed by atoms with Crippen molar-refractivity contribution in [2.75, 3.05) is 6.61 Å². The van der Waals surface area contributed by atoms with Crippen LogP contribution in [0.5, 0.6) is 5.75 Å². The van der Waals surface area contributed by atoms with E-state index in [-0.39, 0.29) is 0 Å². The van der Waals surface area contributed by atoms with Gasteiger partial charge in [0.25, 0.3) is 0 Å². The van der Waals surface area contributed by atoms with Crippen molar-refractivity contribution in [1.82, 2.24) is 0 Å². The predicted molar refractivity (Wildman–Crippen MR) is 107 cm³/mol. The molecule has 1 aliphatic heterocycles. The molecule has 0 saturated heterocycles. The summed E-state index contributed by atoms with van der Waals surface area (Å²) < 4.78 is 5.65. The summed E-state index contributed by atoms with van der Waals surface area (Å²) in [6.45, 7) is 7.83.